The smallest absolute Gasteiger partial charge is 0.291 e. The molecule has 1 amide bonds. The second kappa shape index (κ2) is 3.30. The highest BCUT2D eigenvalue weighted by atomic mass is 16.3. The van der Waals surface area contributed by atoms with Crippen molar-refractivity contribution >= 4 is 5.91 Å². The van der Waals surface area contributed by atoms with Crippen LogP contribution < -0.4 is 10.9 Å². The van der Waals surface area contributed by atoms with Gasteiger partial charge in [0.2, 0.25) is 0 Å². The van der Waals surface area contributed by atoms with Gasteiger partial charge in [0.25, 0.3) is 11.5 Å². The van der Waals surface area contributed by atoms with Crippen molar-refractivity contribution in [2.45, 2.75) is 6.92 Å². The third-order valence-corrected chi connectivity index (χ3v) is 1.61. The Morgan fingerprint density at radius 3 is 2.77 bits per heavy atom. The van der Waals surface area contributed by atoms with Crippen LogP contribution in [0.25, 0.3) is 0 Å². The molecule has 5 heteroatoms. The number of aromatic amines is 1. The number of aryl methyl sites for hydroxylation is 1. The van der Waals surface area contributed by atoms with E-state index in [1.165, 1.54) is 13.1 Å². The molecule has 0 aliphatic heterocycles. The summed E-state index contributed by atoms with van der Waals surface area (Å²) in [5.41, 5.74) is -0.135. The van der Waals surface area contributed by atoms with E-state index < -0.39 is 17.2 Å². The van der Waals surface area contributed by atoms with Crippen molar-refractivity contribution in [2.24, 2.45) is 0 Å². The lowest BCUT2D eigenvalue weighted by molar-refractivity contribution is 0.0960. The maximum atomic E-state index is 11.1. The van der Waals surface area contributed by atoms with Gasteiger partial charge in [0.1, 0.15) is 0 Å². The minimum absolute atomic E-state index is 0.0104. The van der Waals surface area contributed by atoms with Crippen LogP contribution in [0.4, 0.5) is 0 Å². The van der Waals surface area contributed by atoms with Crippen LogP contribution in [0.15, 0.2) is 10.9 Å². The Morgan fingerprint density at radius 2 is 2.23 bits per heavy atom. The Bertz CT molecular complexity index is 395. The summed E-state index contributed by atoms with van der Waals surface area (Å²) in [6.45, 7) is 1.63. The van der Waals surface area contributed by atoms with Crippen LogP contribution in [0, 0.1) is 6.92 Å². The second-order valence-electron chi connectivity index (χ2n) is 2.62. The van der Waals surface area contributed by atoms with Crippen molar-refractivity contribution in [1.29, 1.82) is 0 Å². The van der Waals surface area contributed by atoms with E-state index in [1.54, 1.807) is 6.92 Å². The van der Waals surface area contributed by atoms with Crippen molar-refractivity contribution in [3.8, 4) is 5.75 Å². The van der Waals surface area contributed by atoms with Gasteiger partial charge < -0.3 is 15.4 Å². The third kappa shape index (κ3) is 1.69. The zero-order valence-corrected chi connectivity index (χ0v) is 7.34. The molecule has 13 heavy (non-hydrogen) atoms. The van der Waals surface area contributed by atoms with Crippen molar-refractivity contribution < 1.29 is 9.90 Å². The van der Waals surface area contributed by atoms with Gasteiger partial charge >= 0.3 is 0 Å². The number of rotatable bonds is 1. The molecule has 0 aliphatic rings. The highest BCUT2D eigenvalue weighted by Crippen LogP contribution is 2.10. The van der Waals surface area contributed by atoms with Crippen molar-refractivity contribution in [3.63, 3.8) is 0 Å². The van der Waals surface area contributed by atoms with Gasteiger partial charge in [0, 0.05) is 12.7 Å². The van der Waals surface area contributed by atoms with Gasteiger partial charge in [-0.15, -0.1) is 0 Å². The summed E-state index contributed by atoms with van der Waals surface area (Å²) in [4.78, 5) is 24.5. The lowest BCUT2D eigenvalue weighted by Crippen LogP contribution is -2.21. The molecule has 1 aromatic heterocycles. The van der Waals surface area contributed by atoms with E-state index >= 15 is 0 Å². The molecule has 1 heterocycles. The van der Waals surface area contributed by atoms with Gasteiger partial charge in [-0.2, -0.15) is 0 Å². The fraction of sp³-hybridized carbons (Fsp3) is 0.250. The van der Waals surface area contributed by atoms with Gasteiger partial charge in [-0.05, 0) is 13.0 Å². The Morgan fingerprint density at radius 1 is 1.62 bits per heavy atom. The maximum absolute atomic E-state index is 11.1. The zero-order chi connectivity index (χ0) is 10.0. The molecule has 0 saturated heterocycles. The highest BCUT2D eigenvalue weighted by Gasteiger charge is 2.12. The second-order valence-corrected chi connectivity index (χ2v) is 2.62. The molecule has 1 rings (SSSR count). The van der Waals surface area contributed by atoms with E-state index in [4.69, 9.17) is 0 Å². The van der Waals surface area contributed by atoms with Crippen LogP contribution in [-0.2, 0) is 0 Å². The number of aromatic nitrogens is 1. The summed E-state index contributed by atoms with van der Waals surface area (Å²) in [5.74, 6) is -1.03. The number of carbonyl (C=O) groups is 1. The predicted octanol–water partition coefficient (Wildman–Crippen LogP) is -0.251. The number of carbonyl (C=O) groups excluding carboxylic acids is 1. The molecular weight excluding hydrogens is 172 g/mol. The molecule has 70 valence electrons. The minimum atomic E-state index is -0.654. The predicted molar refractivity (Wildman–Crippen MR) is 46.9 cm³/mol. The van der Waals surface area contributed by atoms with E-state index in [2.05, 4.69) is 10.3 Å². The van der Waals surface area contributed by atoms with Crippen LogP contribution in [0.5, 0.6) is 5.75 Å². The van der Waals surface area contributed by atoms with Gasteiger partial charge in [-0.1, -0.05) is 0 Å². The van der Waals surface area contributed by atoms with Gasteiger partial charge in [-0.25, -0.2) is 0 Å². The highest BCUT2D eigenvalue weighted by molar-refractivity contribution is 5.96. The number of hydrogen-bond donors (Lipinski definition) is 3. The largest absolute Gasteiger partial charge is 0.502 e. The van der Waals surface area contributed by atoms with Crippen LogP contribution in [-0.4, -0.2) is 23.0 Å². The Labute approximate surface area is 74.4 Å². The molecule has 0 saturated carbocycles. The number of H-pyrrole nitrogens is 1. The standard InChI is InChI=1S/C8H10N2O3/c1-4-3-5(7(12)9-2)6(11)8(13)10-4/h3,11H,1-2H3,(H,9,12)(H,10,13). The number of pyridine rings is 1. The zero-order valence-electron chi connectivity index (χ0n) is 7.34. The summed E-state index contributed by atoms with van der Waals surface area (Å²) in [6, 6.07) is 1.41. The maximum Gasteiger partial charge on any atom is 0.291 e. The molecular formula is C8H10N2O3. The number of nitrogens with one attached hydrogen (secondary N) is 2. The lowest BCUT2D eigenvalue weighted by Gasteiger charge is -2.02. The summed E-state index contributed by atoms with van der Waals surface area (Å²) in [6.07, 6.45) is 0. The van der Waals surface area contributed by atoms with Gasteiger partial charge in [0.15, 0.2) is 5.75 Å². The Hall–Kier alpha value is -1.78. The van der Waals surface area contributed by atoms with Gasteiger partial charge in [-0.3, -0.25) is 9.59 Å². The van der Waals surface area contributed by atoms with E-state index in [1.807, 2.05) is 0 Å². The summed E-state index contributed by atoms with van der Waals surface area (Å²) in [7, 11) is 1.43. The number of amides is 1. The monoisotopic (exact) mass is 182 g/mol. The van der Waals surface area contributed by atoms with Crippen LogP contribution in [0.1, 0.15) is 16.1 Å². The number of hydrogen-bond acceptors (Lipinski definition) is 3. The SMILES string of the molecule is CNC(=O)c1cc(C)[nH]c(=O)c1O. The Balaban J connectivity index is 3.37. The molecule has 5 nitrogen and oxygen atoms in total. The first kappa shape index (κ1) is 9.31. The molecule has 0 spiro atoms. The van der Waals surface area contributed by atoms with Crippen LogP contribution >= 0.6 is 0 Å². The minimum Gasteiger partial charge on any atom is -0.502 e. The molecule has 0 atom stereocenters. The topological polar surface area (TPSA) is 82.2 Å². The van der Waals surface area contributed by atoms with Crippen LogP contribution in [0.2, 0.25) is 0 Å². The summed E-state index contributed by atoms with van der Waals surface area (Å²) < 4.78 is 0. The molecule has 1 aromatic rings. The summed E-state index contributed by atoms with van der Waals surface area (Å²) in [5, 5.41) is 11.5. The van der Waals surface area contributed by atoms with Crippen molar-refractivity contribution in [3.05, 3.63) is 27.7 Å². The van der Waals surface area contributed by atoms with E-state index in [-0.39, 0.29) is 5.56 Å². The average Bonchev–Trinajstić information content (AvgIpc) is 2.10. The fourth-order valence-electron chi connectivity index (χ4n) is 0.989. The fourth-order valence-corrected chi connectivity index (χ4v) is 0.989. The molecule has 0 aromatic carbocycles. The molecule has 0 fully saturated rings. The van der Waals surface area contributed by atoms with Gasteiger partial charge in [0.05, 0.1) is 5.56 Å². The van der Waals surface area contributed by atoms with E-state index in [0.29, 0.717) is 5.69 Å². The normalized spacial score (nSPS) is 9.69. The quantitative estimate of drug-likeness (QED) is 0.560. The molecule has 0 bridgehead atoms. The first-order valence-electron chi connectivity index (χ1n) is 3.71. The van der Waals surface area contributed by atoms with E-state index in [9.17, 15) is 14.7 Å². The first-order chi connectivity index (χ1) is 6.06. The first-order valence-corrected chi connectivity index (χ1v) is 3.71. The average molecular weight is 182 g/mol. The molecule has 0 aliphatic carbocycles. The molecule has 0 radical (unpaired) electrons. The number of aromatic hydroxyl groups is 1. The van der Waals surface area contributed by atoms with Crippen LogP contribution in [0.3, 0.4) is 0 Å². The van der Waals surface area contributed by atoms with Crippen molar-refractivity contribution in [1.82, 2.24) is 10.3 Å². The van der Waals surface area contributed by atoms with E-state index in [0.717, 1.165) is 0 Å². The molecule has 3 N–H and O–H groups in total. The molecule has 0 unspecified atom stereocenters. The third-order valence-electron chi connectivity index (χ3n) is 1.61. The summed E-state index contributed by atoms with van der Waals surface area (Å²) >= 11 is 0. The lowest BCUT2D eigenvalue weighted by atomic mass is 10.2. The Kier molecular flexibility index (Phi) is 2.36. The van der Waals surface area contributed by atoms with Crippen molar-refractivity contribution in [2.75, 3.05) is 7.05 Å².